The Morgan fingerprint density at radius 1 is 1.33 bits per heavy atom. The summed E-state index contributed by atoms with van der Waals surface area (Å²) in [6, 6.07) is 2.93. The number of nitrogens with zero attached hydrogens (tertiary/aromatic N) is 1. The van der Waals surface area contributed by atoms with Crippen molar-refractivity contribution in [3.05, 3.63) is 17.0 Å². The van der Waals surface area contributed by atoms with E-state index in [9.17, 15) is 13.2 Å². The minimum Gasteiger partial charge on any atom is -0.481 e. The highest BCUT2D eigenvalue weighted by molar-refractivity contribution is 7.91. The van der Waals surface area contributed by atoms with Crippen LogP contribution in [0.1, 0.15) is 30.6 Å². The molecule has 21 heavy (non-hydrogen) atoms. The van der Waals surface area contributed by atoms with E-state index in [1.54, 1.807) is 0 Å². The van der Waals surface area contributed by atoms with Crippen molar-refractivity contribution in [2.45, 2.75) is 42.4 Å². The lowest BCUT2D eigenvalue weighted by Crippen LogP contribution is -2.40. The first-order chi connectivity index (χ1) is 9.95. The van der Waals surface area contributed by atoms with Gasteiger partial charge in [-0.1, -0.05) is 12.8 Å². The molecule has 1 aliphatic carbocycles. The van der Waals surface area contributed by atoms with Crippen LogP contribution < -0.4 is 0 Å². The lowest BCUT2D eigenvalue weighted by atomic mass is 10.2. The third-order valence-electron chi connectivity index (χ3n) is 3.58. The van der Waals surface area contributed by atoms with E-state index in [2.05, 4.69) is 0 Å². The maximum Gasteiger partial charge on any atom is 0.308 e. The molecule has 0 bridgehead atoms. The molecule has 6 nitrogen and oxygen atoms in total. The first-order valence-corrected chi connectivity index (χ1v) is 9.14. The molecule has 1 fully saturated rings. The molecule has 0 unspecified atom stereocenters. The van der Waals surface area contributed by atoms with Gasteiger partial charge in [0, 0.05) is 17.5 Å². The van der Waals surface area contributed by atoms with E-state index in [0.29, 0.717) is 4.88 Å². The molecule has 2 N–H and O–H groups in total. The molecule has 1 aromatic heterocycles. The minimum absolute atomic E-state index is 0.0628. The number of sulfonamides is 1. The molecule has 0 saturated heterocycles. The summed E-state index contributed by atoms with van der Waals surface area (Å²) in [5, 5.41) is 17.9. The van der Waals surface area contributed by atoms with Crippen molar-refractivity contribution >= 4 is 27.3 Å². The molecular formula is C13H19NO5S2. The zero-order valence-corrected chi connectivity index (χ0v) is 13.2. The van der Waals surface area contributed by atoms with E-state index in [4.69, 9.17) is 10.2 Å². The molecule has 0 radical (unpaired) electrons. The molecule has 1 aromatic rings. The number of rotatable bonds is 7. The van der Waals surface area contributed by atoms with Crippen LogP contribution in [0.3, 0.4) is 0 Å². The van der Waals surface area contributed by atoms with E-state index in [0.717, 1.165) is 37.0 Å². The summed E-state index contributed by atoms with van der Waals surface area (Å²) in [5.74, 6) is -0.983. The van der Waals surface area contributed by atoms with Crippen LogP contribution in [0.15, 0.2) is 16.3 Å². The van der Waals surface area contributed by atoms with Gasteiger partial charge in [-0.15, -0.1) is 11.3 Å². The quantitative estimate of drug-likeness (QED) is 0.784. The summed E-state index contributed by atoms with van der Waals surface area (Å²) >= 11 is 0.989. The average molecular weight is 333 g/mol. The highest BCUT2D eigenvalue weighted by atomic mass is 32.2. The molecule has 0 aromatic carbocycles. The van der Waals surface area contributed by atoms with Gasteiger partial charge in [0.1, 0.15) is 4.21 Å². The molecule has 1 saturated carbocycles. The molecule has 1 aliphatic rings. The number of aliphatic hydroxyl groups excluding tert-OH is 1. The standard InChI is InChI=1S/C13H19NO5S2/c15-8-7-14(10-3-1-2-4-10)21(18,19)13-6-5-11(20-13)9-12(16)17/h5-6,10,15H,1-4,7-9H2,(H,16,17). The molecule has 1 heterocycles. The fourth-order valence-corrected chi connectivity index (χ4v) is 5.80. The van der Waals surface area contributed by atoms with Crippen LogP contribution in [0, 0.1) is 0 Å². The van der Waals surface area contributed by atoms with Crippen LogP contribution in [-0.4, -0.2) is 48.1 Å². The van der Waals surface area contributed by atoms with E-state index >= 15 is 0 Å². The molecule has 0 aliphatic heterocycles. The second kappa shape index (κ2) is 6.87. The number of aliphatic carboxylic acids is 1. The number of carboxylic acids is 1. The monoisotopic (exact) mass is 333 g/mol. The van der Waals surface area contributed by atoms with Gasteiger partial charge >= 0.3 is 5.97 Å². The topological polar surface area (TPSA) is 94.9 Å². The van der Waals surface area contributed by atoms with Gasteiger partial charge in [-0.2, -0.15) is 4.31 Å². The van der Waals surface area contributed by atoms with Gasteiger partial charge in [0.15, 0.2) is 0 Å². The Bertz CT molecular complexity index is 589. The highest BCUT2D eigenvalue weighted by Crippen LogP contribution is 2.31. The van der Waals surface area contributed by atoms with E-state index in [1.165, 1.54) is 16.4 Å². The highest BCUT2D eigenvalue weighted by Gasteiger charge is 2.33. The van der Waals surface area contributed by atoms with Gasteiger partial charge in [0.25, 0.3) is 10.0 Å². The van der Waals surface area contributed by atoms with Crippen LogP contribution >= 0.6 is 11.3 Å². The summed E-state index contributed by atoms with van der Waals surface area (Å²) in [6.45, 7) is -0.137. The maximum atomic E-state index is 12.7. The summed E-state index contributed by atoms with van der Waals surface area (Å²) in [4.78, 5) is 11.2. The number of carbonyl (C=O) groups is 1. The Morgan fingerprint density at radius 2 is 2.00 bits per heavy atom. The van der Waals surface area contributed by atoms with E-state index in [1.807, 2.05) is 0 Å². The first-order valence-electron chi connectivity index (χ1n) is 6.88. The third kappa shape index (κ3) is 3.82. The first kappa shape index (κ1) is 16.4. The summed E-state index contributed by atoms with van der Waals surface area (Å²) < 4.78 is 26.9. The molecule has 2 rings (SSSR count). The largest absolute Gasteiger partial charge is 0.481 e. The molecule has 0 atom stereocenters. The van der Waals surface area contributed by atoms with Crippen molar-refractivity contribution in [3.63, 3.8) is 0 Å². The van der Waals surface area contributed by atoms with E-state index in [-0.39, 0.29) is 29.8 Å². The van der Waals surface area contributed by atoms with Gasteiger partial charge in [-0.3, -0.25) is 4.79 Å². The Hall–Kier alpha value is -0.960. The number of thiophene rings is 1. The number of hydrogen-bond acceptors (Lipinski definition) is 5. The molecule has 0 spiro atoms. The number of hydrogen-bond donors (Lipinski definition) is 2. The Balaban J connectivity index is 2.24. The summed E-state index contributed by atoms with van der Waals surface area (Å²) in [7, 11) is -3.66. The molecule has 8 heteroatoms. The molecule has 0 amide bonds. The zero-order valence-electron chi connectivity index (χ0n) is 11.6. The van der Waals surface area contributed by atoms with Crippen molar-refractivity contribution in [2.75, 3.05) is 13.2 Å². The zero-order chi connectivity index (χ0) is 15.5. The van der Waals surface area contributed by atoms with Crippen LogP contribution in [0.2, 0.25) is 0 Å². The van der Waals surface area contributed by atoms with Gasteiger partial charge < -0.3 is 10.2 Å². The Kier molecular flexibility index (Phi) is 5.37. The molecule has 118 valence electrons. The van der Waals surface area contributed by atoms with Crippen molar-refractivity contribution in [2.24, 2.45) is 0 Å². The lowest BCUT2D eigenvalue weighted by molar-refractivity contribution is -0.136. The number of carboxylic acid groups (broad SMARTS) is 1. The third-order valence-corrected chi connectivity index (χ3v) is 7.08. The predicted molar refractivity (Wildman–Crippen MR) is 78.9 cm³/mol. The fraction of sp³-hybridized carbons (Fsp3) is 0.615. The van der Waals surface area contributed by atoms with Crippen LogP contribution in [-0.2, 0) is 21.2 Å². The van der Waals surface area contributed by atoms with Crippen molar-refractivity contribution in [1.29, 1.82) is 0 Å². The Labute approximate surface area is 128 Å². The van der Waals surface area contributed by atoms with Crippen LogP contribution in [0.25, 0.3) is 0 Å². The van der Waals surface area contributed by atoms with Gasteiger partial charge in [-0.05, 0) is 25.0 Å². The number of aliphatic hydroxyl groups is 1. The summed E-state index contributed by atoms with van der Waals surface area (Å²) in [5.41, 5.74) is 0. The second-order valence-corrected chi connectivity index (χ2v) is 8.35. The van der Waals surface area contributed by atoms with Gasteiger partial charge in [0.05, 0.1) is 13.0 Å². The predicted octanol–water partition coefficient (Wildman–Crippen LogP) is 1.30. The fourth-order valence-electron chi connectivity index (χ4n) is 2.65. The SMILES string of the molecule is O=C(O)Cc1ccc(S(=O)(=O)N(CCO)C2CCCC2)s1. The smallest absolute Gasteiger partial charge is 0.308 e. The molecular weight excluding hydrogens is 314 g/mol. The summed E-state index contributed by atoms with van der Waals surface area (Å²) in [6.07, 6.45) is 3.44. The normalized spacial score (nSPS) is 16.7. The van der Waals surface area contributed by atoms with E-state index < -0.39 is 16.0 Å². The second-order valence-electron chi connectivity index (χ2n) is 5.07. The Morgan fingerprint density at radius 3 is 2.57 bits per heavy atom. The lowest BCUT2D eigenvalue weighted by Gasteiger charge is -2.26. The van der Waals surface area contributed by atoms with Crippen molar-refractivity contribution in [3.8, 4) is 0 Å². The van der Waals surface area contributed by atoms with Crippen molar-refractivity contribution in [1.82, 2.24) is 4.31 Å². The maximum absolute atomic E-state index is 12.7. The van der Waals surface area contributed by atoms with Crippen LogP contribution in [0.5, 0.6) is 0 Å². The van der Waals surface area contributed by atoms with Crippen LogP contribution in [0.4, 0.5) is 0 Å². The average Bonchev–Trinajstić information content (AvgIpc) is 3.05. The van der Waals surface area contributed by atoms with Gasteiger partial charge in [-0.25, -0.2) is 8.42 Å². The van der Waals surface area contributed by atoms with Gasteiger partial charge in [0.2, 0.25) is 0 Å². The van der Waals surface area contributed by atoms with Crippen molar-refractivity contribution < 1.29 is 23.4 Å². The minimum atomic E-state index is -3.66.